The number of benzene rings is 1. The normalized spacial score (nSPS) is 10.8. The molecule has 0 aliphatic heterocycles. The second kappa shape index (κ2) is 13.4. The van der Waals surface area contributed by atoms with Gasteiger partial charge < -0.3 is 10.5 Å². The zero-order valence-corrected chi connectivity index (χ0v) is 16.2. The van der Waals surface area contributed by atoms with E-state index in [9.17, 15) is 18.0 Å². The summed E-state index contributed by atoms with van der Waals surface area (Å²) in [5.74, 6) is -0.0920. The summed E-state index contributed by atoms with van der Waals surface area (Å²) in [7, 11) is -3.88. The van der Waals surface area contributed by atoms with Crippen molar-refractivity contribution in [2.75, 3.05) is 13.2 Å². The quantitative estimate of drug-likeness (QED) is 0.359. The number of carbonyl (C=O) groups is 2. The lowest BCUT2D eigenvalue weighted by Gasteiger charge is -2.05. The van der Waals surface area contributed by atoms with Gasteiger partial charge in [-0.25, -0.2) is 0 Å². The summed E-state index contributed by atoms with van der Waals surface area (Å²) in [5.41, 5.74) is 5.70. The first-order valence-corrected chi connectivity index (χ1v) is 10.1. The van der Waals surface area contributed by atoms with E-state index in [4.69, 9.17) is 15.0 Å². The molecule has 0 saturated carbocycles. The number of hydrogen-bond acceptors (Lipinski definition) is 6. The topological polar surface area (TPSA) is 124 Å². The number of Topliss-reactive ketones (excluding diaryl/α,β-unsaturated/α-hetero) is 1. The fourth-order valence-corrected chi connectivity index (χ4v) is 2.49. The van der Waals surface area contributed by atoms with Gasteiger partial charge in [0.05, 0.1) is 19.6 Å². The molecule has 0 fully saturated rings. The minimum absolute atomic E-state index is 0.000624. The van der Waals surface area contributed by atoms with Crippen molar-refractivity contribution in [3.63, 3.8) is 0 Å². The van der Waals surface area contributed by atoms with Crippen LogP contribution in [0.25, 0.3) is 0 Å². The third kappa shape index (κ3) is 15.7. The minimum Gasteiger partial charge on any atom is -0.466 e. The Kier molecular flexibility index (Phi) is 12.5. The largest absolute Gasteiger partial charge is 0.466 e. The molecule has 0 unspecified atom stereocenters. The van der Waals surface area contributed by atoms with Gasteiger partial charge in [-0.3, -0.25) is 14.1 Å². The molecule has 1 aromatic rings. The summed E-state index contributed by atoms with van der Waals surface area (Å²) >= 11 is 0. The monoisotopic (exact) mass is 387 g/mol. The summed E-state index contributed by atoms with van der Waals surface area (Å²) < 4.78 is 34.1. The molecule has 0 aliphatic carbocycles. The van der Waals surface area contributed by atoms with E-state index in [2.05, 4.69) is 13.8 Å². The molecule has 8 heteroatoms. The van der Waals surface area contributed by atoms with Crippen LogP contribution >= 0.6 is 0 Å². The fourth-order valence-electron chi connectivity index (χ4n) is 1.88. The standard InChI is InChI=1S/C11H21NO3.C7H8O3S/c1-9(2)4-3-7-15-11(14)6-5-10(13)8-12;8-11(9,10)6-7-4-2-1-3-5-7/h9H,3-8,12H2,1-2H3;1-5H,6H2,(H,8,9,10). The van der Waals surface area contributed by atoms with Crippen LogP contribution in [-0.4, -0.2) is 37.9 Å². The summed E-state index contributed by atoms with van der Waals surface area (Å²) in [4.78, 5) is 21.9. The first-order chi connectivity index (χ1) is 12.1. The maximum Gasteiger partial charge on any atom is 0.306 e. The number of carbonyl (C=O) groups excluding carboxylic acids is 2. The van der Waals surface area contributed by atoms with Gasteiger partial charge in [-0.2, -0.15) is 8.42 Å². The van der Waals surface area contributed by atoms with Crippen LogP contribution in [0.5, 0.6) is 0 Å². The van der Waals surface area contributed by atoms with Crippen molar-refractivity contribution in [3.8, 4) is 0 Å². The molecule has 26 heavy (non-hydrogen) atoms. The Morgan fingerprint density at radius 2 is 1.77 bits per heavy atom. The Hall–Kier alpha value is -1.77. The number of ketones is 1. The van der Waals surface area contributed by atoms with Crippen molar-refractivity contribution in [3.05, 3.63) is 35.9 Å². The Balaban J connectivity index is 0.000000502. The molecule has 0 saturated heterocycles. The smallest absolute Gasteiger partial charge is 0.306 e. The molecule has 0 aromatic heterocycles. The number of ether oxygens (including phenoxy) is 1. The molecule has 1 aromatic carbocycles. The molecule has 1 rings (SSSR count). The van der Waals surface area contributed by atoms with Crippen LogP contribution in [0.2, 0.25) is 0 Å². The maximum absolute atomic E-state index is 11.1. The van der Waals surface area contributed by atoms with Gasteiger partial charge in [-0.1, -0.05) is 44.2 Å². The highest BCUT2D eigenvalue weighted by atomic mass is 32.2. The van der Waals surface area contributed by atoms with Gasteiger partial charge in [0, 0.05) is 6.42 Å². The molecule has 3 N–H and O–H groups in total. The third-order valence-corrected chi connectivity index (χ3v) is 3.91. The van der Waals surface area contributed by atoms with Gasteiger partial charge in [0.1, 0.15) is 11.5 Å². The molecule has 0 spiro atoms. The predicted octanol–water partition coefficient (Wildman–Crippen LogP) is 2.35. The Labute approximate surface area is 155 Å². The molecule has 0 bridgehead atoms. The van der Waals surface area contributed by atoms with Gasteiger partial charge in [-0.15, -0.1) is 0 Å². The van der Waals surface area contributed by atoms with E-state index >= 15 is 0 Å². The van der Waals surface area contributed by atoms with E-state index in [-0.39, 0.29) is 36.9 Å². The summed E-state index contributed by atoms with van der Waals surface area (Å²) in [5, 5.41) is 0. The van der Waals surface area contributed by atoms with Crippen molar-refractivity contribution in [2.45, 2.75) is 45.3 Å². The van der Waals surface area contributed by atoms with E-state index in [1.165, 1.54) is 0 Å². The Morgan fingerprint density at radius 3 is 2.27 bits per heavy atom. The number of nitrogens with two attached hydrogens (primary N) is 1. The van der Waals surface area contributed by atoms with Crippen molar-refractivity contribution in [1.29, 1.82) is 0 Å². The number of esters is 1. The molecular weight excluding hydrogens is 358 g/mol. The van der Waals surface area contributed by atoms with E-state index < -0.39 is 10.1 Å². The highest BCUT2D eigenvalue weighted by Gasteiger charge is 2.06. The highest BCUT2D eigenvalue weighted by Crippen LogP contribution is 2.04. The van der Waals surface area contributed by atoms with Crippen LogP contribution in [0.3, 0.4) is 0 Å². The van der Waals surface area contributed by atoms with Gasteiger partial charge in [0.25, 0.3) is 10.1 Å². The van der Waals surface area contributed by atoms with Crippen molar-refractivity contribution in [2.24, 2.45) is 11.7 Å². The van der Waals surface area contributed by atoms with Gasteiger partial charge in [-0.05, 0) is 24.3 Å². The number of rotatable bonds is 10. The average molecular weight is 387 g/mol. The second-order valence-electron chi connectivity index (χ2n) is 6.21. The van der Waals surface area contributed by atoms with Crippen LogP contribution in [0.15, 0.2) is 30.3 Å². The van der Waals surface area contributed by atoms with Gasteiger partial charge in [0.15, 0.2) is 0 Å². The van der Waals surface area contributed by atoms with Gasteiger partial charge >= 0.3 is 5.97 Å². The molecule has 0 amide bonds. The van der Waals surface area contributed by atoms with E-state index in [1.807, 2.05) is 0 Å². The van der Waals surface area contributed by atoms with Crippen LogP contribution in [-0.2, 0) is 30.2 Å². The molecule has 7 nitrogen and oxygen atoms in total. The Morgan fingerprint density at radius 1 is 1.15 bits per heavy atom. The molecule has 0 radical (unpaired) electrons. The molecule has 0 aliphatic rings. The van der Waals surface area contributed by atoms with Crippen LogP contribution in [0.1, 0.15) is 45.1 Å². The predicted molar refractivity (Wildman–Crippen MR) is 100 cm³/mol. The summed E-state index contributed by atoms with van der Waals surface area (Å²) in [6, 6.07) is 8.52. The first-order valence-electron chi connectivity index (χ1n) is 8.50. The zero-order chi connectivity index (χ0) is 20.0. The molecule has 148 valence electrons. The zero-order valence-electron chi connectivity index (χ0n) is 15.4. The van der Waals surface area contributed by atoms with Crippen LogP contribution < -0.4 is 5.73 Å². The van der Waals surface area contributed by atoms with Crippen molar-refractivity contribution in [1.82, 2.24) is 0 Å². The first kappa shape index (κ1) is 24.2. The lowest BCUT2D eigenvalue weighted by molar-refractivity contribution is -0.144. The lowest BCUT2D eigenvalue weighted by Crippen LogP contribution is -2.15. The van der Waals surface area contributed by atoms with Crippen LogP contribution in [0.4, 0.5) is 0 Å². The van der Waals surface area contributed by atoms with E-state index in [0.29, 0.717) is 18.1 Å². The Bertz CT molecular complexity index is 628. The summed E-state index contributed by atoms with van der Waals surface area (Å²) in [6.07, 6.45) is 2.28. The van der Waals surface area contributed by atoms with Crippen molar-refractivity contribution < 1.29 is 27.3 Å². The fraction of sp³-hybridized carbons (Fsp3) is 0.556. The molecule has 0 heterocycles. The van der Waals surface area contributed by atoms with E-state index in [1.54, 1.807) is 30.3 Å². The van der Waals surface area contributed by atoms with Gasteiger partial charge in [0.2, 0.25) is 0 Å². The number of hydrogen-bond donors (Lipinski definition) is 2. The van der Waals surface area contributed by atoms with E-state index in [0.717, 1.165) is 12.8 Å². The van der Waals surface area contributed by atoms with Crippen LogP contribution in [0, 0.1) is 5.92 Å². The lowest BCUT2D eigenvalue weighted by atomic mass is 10.1. The summed E-state index contributed by atoms with van der Waals surface area (Å²) in [6.45, 7) is 4.71. The second-order valence-corrected chi connectivity index (χ2v) is 7.66. The maximum atomic E-state index is 11.1. The third-order valence-electron chi connectivity index (χ3n) is 3.22. The SMILES string of the molecule is CC(C)CCCOC(=O)CCC(=O)CN.O=S(=O)(O)Cc1ccccc1. The average Bonchev–Trinajstić information content (AvgIpc) is 2.56. The molecule has 0 atom stereocenters. The highest BCUT2D eigenvalue weighted by molar-refractivity contribution is 7.85. The van der Waals surface area contributed by atoms with Crippen molar-refractivity contribution >= 4 is 21.9 Å². The minimum atomic E-state index is -3.88. The molecular formula is C18H29NO6S.